The SMILES string of the molecule is Cn1ccnc1N1CCN(Cc2cccc([N+](=O)[O-])c2)CC1. The Morgan fingerprint density at radius 3 is 2.68 bits per heavy atom. The normalized spacial score (nSPS) is 16.0. The highest BCUT2D eigenvalue weighted by atomic mass is 16.6. The first-order valence-corrected chi connectivity index (χ1v) is 7.31. The van der Waals surface area contributed by atoms with E-state index in [9.17, 15) is 10.1 Å². The first-order valence-electron chi connectivity index (χ1n) is 7.31. The van der Waals surface area contributed by atoms with Crippen molar-refractivity contribution in [3.8, 4) is 0 Å². The summed E-state index contributed by atoms with van der Waals surface area (Å²) in [6.45, 7) is 4.43. The van der Waals surface area contributed by atoms with Gasteiger partial charge in [0, 0.05) is 64.3 Å². The molecule has 7 nitrogen and oxygen atoms in total. The number of anilines is 1. The molecule has 0 unspecified atom stereocenters. The average Bonchev–Trinajstić information content (AvgIpc) is 2.94. The number of non-ortho nitro benzene ring substituents is 1. The van der Waals surface area contributed by atoms with E-state index in [1.54, 1.807) is 12.1 Å². The smallest absolute Gasteiger partial charge is 0.269 e. The van der Waals surface area contributed by atoms with Crippen LogP contribution in [0.1, 0.15) is 5.56 Å². The predicted octanol–water partition coefficient (Wildman–Crippen LogP) is 1.65. The second kappa shape index (κ2) is 6.15. The minimum atomic E-state index is -0.345. The number of nitro benzene ring substituents is 1. The predicted molar refractivity (Wildman–Crippen MR) is 83.8 cm³/mol. The van der Waals surface area contributed by atoms with E-state index in [2.05, 4.69) is 14.8 Å². The Bertz CT molecular complexity index is 661. The van der Waals surface area contributed by atoms with Gasteiger partial charge in [0.2, 0.25) is 5.95 Å². The van der Waals surface area contributed by atoms with E-state index in [1.807, 2.05) is 30.1 Å². The third-order valence-electron chi connectivity index (χ3n) is 3.98. The maximum atomic E-state index is 10.8. The molecule has 1 aliphatic heterocycles. The maximum Gasteiger partial charge on any atom is 0.269 e. The van der Waals surface area contributed by atoms with Crippen molar-refractivity contribution in [3.05, 3.63) is 52.3 Å². The van der Waals surface area contributed by atoms with E-state index in [0.29, 0.717) is 0 Å². The van der Waals surface area contributed by atoms with E-state index >= 15 is 0 Å². The van der Waals surface area contributed by atoms with Gasteiger partial charge in [0.05, 0.1) is 4.92 Å². The summed E-state index contributed by atoms with van der Waals surface area (Å²) in [5, 5.41) is 10.8. The number of aromatic nitrogens is 2. The van der Waals surface area contributed by atoms with Crippen LogP contribution in [0.15, 0.2) is 36.7 Å². The minimum absolute atomic E-state index is 0.157. The largest absolute Gasteiger partial charge is 0.340 e. The molecule has 3 rings (SSSR count). The van der Waals surface area contributed by atoms with Gasteiger partial charge >= 0.3 is 0 Å². The van der Waals surface area contributed by atoms with Gasteiger partial charge in [-0.1, -0.05) is 12.1 Å². The van der Waals surface area contributed by atoms with Crippen LogP contribution in [0.3, 0.4) is 0 Å². The lowest BCUT2D eigenvalue weighted by atomic mass is 10.2. The molecule has 1 aliphatic rings. The van der Waals surface area contributed by atoms with Gasteiger partial charge in [-0.3, -0.25) is 15.0 Å². The van der Waals surface area contributed by atoms with Crippen molar-refractivity contribution in [1.82, 2.24) is 14.5 Å². The summed E-state index contributed by atoms with van der Waals surface area (Å²) in [4.78, 5) is 19.4. The fraction of sp³-hybridized carbons (Fsp3) is 0.400. The number of hydrogen-bond donors (Lipinski definition) is 0. The molecule has 0 atom stereocenters. The zero-order valence-corrected chi connectivity index (χ0v) is 12.6. The monoisotopic (exact) mass is 301 g/mol. The Balaban J connectivity index is 1.59. The van der Waals surface area contributed by atoms with Gasteiger partial charge in [0.1, 0.15) is 0 Å². The molecule has 2 heterocycles. The highest BCUT2D eigenvalue weighted by molar-refractivity contribution is 5.35. The van der Waals surface area contributed by atoms with E-state index < -0.39 is 0 Å². The summed E-state index contributed by atoms with van der Waals surface area (Å²) < 4.78 is 2.02. The van der Waals surface area contributed by atoms with E-state index in [1.165, 1.54) is 6.07 Å². The fourth-order valence-electron chi connectivity index (χ4n) is 2.80. The second-order valence-corrected chi connectivity index (χ2v) is 5.53. The first-order chi connectivity index (χ1) is 10.6. The maximum absolute atomic E-state index is 10.8. The van der Waals surface area contributed by atoms with Gasteiger partial charge in [0.25, 0.3) is 5.69 Å². The summed E-state index contributed by atoms with van der Waals surface area (Å²) in [5.41, 5.74) is 1.14. The van der Waals surface area contributed by atoms with Crippen molar-refractivity contribution in [3.63, 3.8) is 0 Å². The van der Waals surface area contributed by atoms with E-state index in [4.69, 9.17) is 0 Å². The molecule has 0 saturated carbocycles. The molecule has 22 heavy (non-hydrogen) atoms. The number of rotatable bonds is 4. The second-order valence-electron chi connectivity index (χ2n) is 5.53. The van der Waals surface area contributed by atoms with Crippen LogP contribution in [0.25, 0.3) is 0 Å². The number of piperazine rings is 1. The molecular weight excluding hydrogens is 282 g/mol. The number of imidazole rings is 1. The van der Waals surface area contributed by atoms with Crippen molar-refractivity contribution >= 4 is 11.6 Å². The molecule has 0 N–H and O–H groups in total. The van der Waals surface area contributed by atoms with Crippen molar-refractivity contribution in [1.29, 1.82) is 0 Å². The number of benzene rings is 1. The Hall–Kier alpha value is -2.41. The van der Waals surface area contributed by atoms with Crippen LogP contribution in [-0.2, 0) is 13.6 Å². The molecule has 7 heteroatoms. The van der Waals surface area contributed by atoms with Gasteiger partial charge in [-0.2, -0.15) is 0 Å². The number of aryl methyl sites for hydroxylation is 1. The van der Waals surface area contributed by atoms with Gasteiger partial charge in [-0.25, -0.2) is 4.98 Å². The van der Waals surface area contributed by atoms with E-state index in [0.717, 1.165) is 44.2 Å². The van der Waals surface area contributed by atoms with Crippen LogP contribution in [0.2, 0.25) is 0 Å². The summed E-state index contributed by atoms with van der Waals surface area (Å²) in [6.07, 6.45) is 3.76. The molecule has 1 fully saturated rings. The Kier molecular flexibility index (Phi) is 4.06. The number of hydrogen-bond acceptors (Lipinski definition) is 5. The number of nitrogens with zero attached hydrogens (tertiary/aromatic N) is 5. The number of nitro groups is 1. The lowest BCUT2D eigenvalue weighted by molar-refractivity contribution is -0.384. The Morgan fingerprint density at radius 1 is 1.27 bits per heavy atom. The van der Waals surface area contributed by atoms with Crippen LogP contribution in [0.5, 0.6) is 0 Å². The molecule has 116 valence electrons. The minimum Gasteiger partial charge on any atom is -0.340 e. The average molecular weight is 301 g/mol. The van der Waals surface area contributed by atoms with Gasteiger partial charge < -0.3 is 9.47 Å². The highest BCUT2D eigenvalue weighted by Crippen LogP contribution is 2.17. The topological polar surface area (TPSA) is 67.4 Å². The van der Waals surface area contributed by atoms with Crippen LogP contribution in [0.4, 0.5) is 11.6 Å². The van der Waals surface area contributed by atoms with Gasteiger partial charge in [0.15, 0.2) is 0 Å². The zero-order valence-electron chi connectivity index (χ0n) is 12.6. The Labute approximate surface area is 128 Å². The summed E-state index contributed by atoms with van der Waals surface area (Å²) >= 11 is 0. The lowest BCUT2D eigenvalue weighted by Crippen LogP contribution is -2.46. The summed E-state index contributed by atoms with van der Waals surface area (Å²) in [7, 11) is 2.00. The molecule has 1 saturated heterocycles. The van der Waals surface area contributed by atoms with Crippen LogP contribution in [0, 0.1) is 10.1 Å². The van der Waals surface area contributed by atoms with Crippen molar-refractivity contribution in [2.75, 3.05) is 31.1 Å². The standard InChI is InChI=1S/C15H19N5O2/c1-17-6-5-16-15(17)19-9-7-18(8-10-19)12-13-3-2-4-14(11-13)20(21)22/h2-6,11H,7-10,12H2,1H3. The molecule has 0 spiro atoms. The molecule has 0 amide bonds. The molecule has 1 aromatic heterocycles. The molecule has 2 aromatic rings. The molecule has 1 aromatic carbocycles. The van der Waals surface area contributed by atoms with Gasteiger partial charge in [-0.05, 0) is 5.56 Å². The third-order valence-corrected chi connectivity index (χ3v) is 3.98. The fourth-order valence-corrected chi connectivity index (χ4v) is 2.80. The van der Waals surface area contributed by atoms with Crippen LogP contribution in [-0.4, -0.2) is 45.6 Å². The van der Waals surface area contributed by atoms with Crippen LogP contribution >= 0.6 is 0 Å². The molecule has 0 aliphatic carbocycles. The molecular formula is C15H19N5O2. The molecule has 0 bridgehead atoms. The summed E-state index contributed by atoms with van der Waals surface area (Å²) in [6, 6.07) is 6.88. The van der Waals surface area contributed by atoms with Crippen LogP contribution < -0.4 is 4.90 Å². The third kappa shape index (κ3) is 3.09. The van der Waals surface area contributed by atoms with Crippen molar-refractivity contribution in [2.24, 2.45) is 7.05 Å². The zero-order chi connectivity index (χ0) is 15.5. The van der Waals surface area contributed by atoms with Crippen molar-refractivity contribution < 1.29 is 4.92 Å². The van der Waals surface area contributed by atoms with Gasteiger partial charge in [-0.15, -0.1) is 0 Å². The quantitative estimate of drug-likeness (QED) is 0.634. The molecule has 0 radical (unpaired) electrons. The van der Waals surface area contributed by atoms with Crippen molar-refractivity contribution in [2.45, 2.75) is 6.54 Å². The highest BCUT2D eigenvalue weighted by Gasteiger charge is 2.20. The Morgan fingerprint density at radius 2 is 2.05 bits per heavy atom. The van der Waals surface area contributed by atoms with E-state index in [-0.39, 0.29) is 10.6 Å². The summed E-state index contributed by atoms with van der Waals surface area (Å²) in [5.74, 6) is 0.995. The first kappa shape index (κ1) is 14.5. The lowest BCUT2D eigenvalue weighted by Gasteiger charge is -2.35.